The van der Waals surface area contributed by atoms with Crippen molar-refractivity contribution in [2.24, 2.45) is 5.41 Å². The molecule has 11 heteroatoms. The van der Waals surface area contributed by atoms with E-state index in [1.54, 1.807) is 24.3 Å². The van der Waals surface area contributed by atoms with Gasteiger partial charge < -0.3 is 15.3 Å². The van der Waals surface area contributed by atoms with Crippen LogP contribution >= 0.6 is 0 Å². The zero-order valence-corrected chi connectivity index (χ0v) is 21.3. The van der Waals surface area contributed by atoms with E-state index in [-0.39, 0.29) is 22.3 Å². The van der Waals surface area contributed by atoms with Gasteiger partial charge in [0.25, 0.3) is 5.91 Å². The van der Waals surface area contributed by atoms with Crippen LogP contribution in [0.1, 0.15) is 41.6 Å². The molecule has 5 rings (SSSR count). The van der Waals surface area contributed by atoms with Crippen molar-refractivity contribution in [2.75, 3.05) is 40.4 Å². The summed E-state index contributed by atoms with van der Waals surface area (Å²) in [5.74, 6) is -0.973. The maximum absolute atomic E-state index is 13.5. The van der Waals surface area contributed by atoms with E-state index < -0.39 is 40.0 Å². The van der Waals surface area contributed by atoms with Crippen LogP contribution < -0.4 is 14.9 Å². The average Bonchev–Trinajstić information content (AvgIpc) is 3.62. The molecule has 38 heavy (non-hydrogen) atoms. The number of rotatable bonds is 7. The van der Waals surface area contributed by atoms with E-state index in [4.69, 9.17) is 5.11 Å². The number of benzene rings is 3. The molecule has 0 unspecified atom stereocenters. The lowest BCUT2D eigenvalue weighted by Crippen LogP contribution is -2.35. The van der Waals surface area contributed by atoms with Gasteiger partial charge in [0.05, 0.1) is 34.9 Å². The second-order valence-electron chi connectivity index (χ2n) is 10.1. The fourth-order valence-electron chi connectivity index (χ4n) is 5.05. The fourth-order valence-corrected chi connectivity index (χ4v) is 5.87. The molecule has 1 aliphatic heterocycles. The van der Waals surface area contributed by atoms with Crippen LogP contribution in [-0.2, 0) is 16.2 Å². The highest BCUT2D eigenvalue weighted by molar-refractivity contribution is 7.92. The molecule has 3 N–H and O–H groups in total. The van der Waals surface area contributed by atoms with Gasteiger partial charge in [-0.3, -0.25) is 9.52 Å². The number of carbonyl (C=O) groups excluding carboxylic acids is 1. The van der Waals surface area contributed by atoms with Crippen molar-refractivity contribution >= 4 is 43.8 Å². The normalized spacial score (nSPS) is 17.0. The highest BCUT2D eigenvalue weighted by atomic mass is 32.2. The highest BCUT2D eigenvalue weighted by Crippen LogP contribution is 2.54. The quantitative estimate of drug-likeness (QED) is 0.377. The Labute approximate surface area is 218 Å². The maximum Gasteiger partial charge on any atom is 0.416 e. The van der Waals surface area contributed by atoms with Gasteiger partial charge in [-0.25, -0.2) is 8.42 Å². The second kappa shape index (κ2) is 9.77. The van der Waals surface area contributed by atoms with Crippen LogP contribution in [-0.4, -0.2) is 44.9 Å². The van der Waals surface area contributed by atoms with Crippen molar-refractivity contribution in [3.63, 3.8) is 0 Å². The molecule has 1 spiro atoms. The number of aliphatic hydroxyl groups excluding tert-OH is 1. The van der Waals surface area contributed by atoms with Gasteiger partial charge in [-0.1, -0.05) is 18.2 Å². The zero-order chi connectivity index (χ0) is 27.1. The Kier molecular flexibility index (Phi) is 6.77. The number of amides is 1. The Morgan fingerprint density at radius 1 is 1.00 bits per heavy atom. The number of carbonyl (C=O) groups is 1. The van der Waals surface area contributed by atoms with Crippen LogP contribution in [0.4, 0.5) is 30.2 Å². The summed E-state index contributed by atoms with van der Waals surface area (Å²) in [5, 5.41) is 12.6. The first-order valence-corrected chi connectivity index (χ1v) is 14.1. The van der Waals surface area contributed by atoms with Crippen molar-refractivity contribution in [3.05, 3.63) is 65.7 Å². The highest BCUT2D eigenvalue weighted by Gasteiger charge is 2.44. The first-order valence-electron chi connectivity index (χ1n) is 12.4. The molecule has 2 aliphatic rings. The summed E-state index contributed by atoms with van der Waals surface area (Å²) in [6.07, 6.45) is -0.201. The molecule has 0 bridgehead atoms. The minimum absolute atomic E-state index is 0.243. The zero-order valence-electron chi connectivity index (χ0n) is 20.5. The minimum Gasteiger partial charge on any atom is -0.395 e. The molecule has 1 saturated carbocycles. The van der Waals surface area contributed by atoms with Gasteiger partial charge in [-0.2, -0.15) is 13.2 Å². The smallest absolute Gasteiger partial charge is 0.395 e. The SMILES string of the molecule is O=C(Nc1cccc2ccc(C(F)(F)F)cc12)c1ccc(NS(=O)(=O)CCO)cc1N1CCC2(CC1)CC2. The third-order valence-corrected chi connectivity index (χ3v) is 8.72. The fraction of sp³-hybridized carbons (Fsp3) is 0.370. The van der Waals surface area contributed by atoms with Gasteiger partial charge in [0.15, 0.2) is 0 Å². The predicted molar refractivity (Wildman–Crippen MR) is 141 cm³/mol. The van der Waals surface area contributed by atoms with E-state index in [0.717, 1.165) is 25.0 Å². The summed E-state index contributed by atoms with van der Waals surface area (Å²) in [7, 11) is -3.77. The molecule has 202 valence electrons. The number of fused-ring (bicyclic) bond motifs is 1. The summed E-state index contributed by atoms with van der Waals surface area (Å²) in [6, 6.07) is 12.8. The molecule has 0 atom stereocenters. The first kappa shape index (κ1) is 26.3. The van der Waals surface area contributed by atoms with Crippen molar-refractivity contribution in [1.82, 2.24) is 0 Å². The molecular weight excluding hydrogens is 519 g/mol. The van der Waals surface area contributed by atoms with Crippen molar-refractivity contribution < 1.29 is 31.5 Å². The number of nitrogens with zero attached hydrogens (tertiary/aromatic N) is 1. The van der Waals surface area contributed by atoms with Gasteiger partial charge in [0, 0.05) is 24.2 Å². The van der Waals surface area contributed by atoms with E-state index >= 15 is 0 Å². The third kappa shape index (κ3) is 5.58. The van der Waals surface area contributed by atoms with E-state index in [1.807, 2.05) is 4.90 Å². The number of aliphatic hydroxyl groups is 1. The average molecular weight is 548 g/mol. The topological polar surface area (TPSA) is 98.7 Å². The number of alkyl halides is 3. The van der Waals surface area contributed by atoms with Crippen LogP contribution in [0.15, 0.2) is 54.6 Å². The molecule has 1 amide bonds. The Hall–Kier alpha value is -3.31. The lowest BCUT2D eigenvalue weighted by atomic mass is 9.93. The summed E-state index contributed by atoms with van der Waals surface area (Å²) in [6.45, 7) is 0.880. The Morgan fingerprint density at radius 3 is 2.39 bits per heavy atom. The van der Waals surface area contributed by atoms with Gasteiger partial charge >= 0.3 is 6.18 Å². The van der Waals surface area contributed by atoms with Crippen molar-refractivity contribution in [2.45, 2.75) is 31.9 Å². The second-order valence-corrected chi connectivity index (χ2v) is 11.9. The van der Waals surface area contributed by atoms with Crippen LogP contribution in [0, 0.1) is 5.41 Å². The predicted octanol–water partition coefficient (Wildman–Crippen LogP) is 5.23. The summed E-state index contributed by atoms with van der Waals surface area (Å²) in [5.41, 5.74) is 0.890. The Balaban J connectivity index is 1.48. The van der Waals surface area contributed by atoms with Gasteiger partial charge in [0.1, 0.15) is 0 Å². The number of sulfonamides is 1. The Morgan fingerprint density at radius 2 is 1.74 bits per heavy atom. The van der Waals surface area contributed by atoms with Gasteiger partial charge in [0.2, 0.25) is 10.0 Å². The molecule has 1 saturated heterocycles. The molecule has 3 aromatic carbocycles. The summed E-state index contributed by atoms with van der Waals surface area (Å²) in [4.78, 5) is 15.6. The molecule has 2 fully saturated rings. The third-order valence-electron chi connectivity index (χ3n) is 7.46. The molecule has 7 nitrogen and oxygen atoms in total. The number of nitrogens with one attached hydrogen (secondary N) is 2. The summed E-state index contributed by atoms with van der Waals surface area (Å²) < 4.78 is 66.9. The van der Waals surface area contributed by atoms with Crippen LogP contribution in [0.25, 0.3) is 10.8 Å². The van der Waals surface area contributed by atoms with E-state index in [2.05, 4.69) is 10.0 Å². The number of hydrogen-bond donors (Lipinski definition) is 3. The molecule has 1 aliphatic carbocycles. The van der Waals surface area contributed by atoms with Gasteiger partial charge in [-0.05, 0) is 72.9 Å². The summed E-state index contributed by atoms with van der Waals surface area (Å²) >= 11 is 0. The van der Waals surface area contributed by atoms with E-state index in [9.17, 15) is 26.4 Å². The first-order chi connectivity index (χ1) is 18.0. The monoisotopic (exact) mass is 547 g/mol. The molecular formula is C27H28F3N3O4S. The van der Waals surface area contributed by atoms with Crippen LogP contribution in [0.2, 0.25) is 0 Å². The maximum atomic E-state index is 13.5. The molecule has 3 aromatic rings. The molecule has 1 heterocycles. The van der Waals surface area contributed by atoms with Crippen LogP contribution in [0.3, 0.4) is 0 Å². The number of piperidine rings is 1. The van der Waals surface area contributed by atoms with Gasteiger partial charge in [-0.15, -0.1) is 0 Å². The van der Waals surface area contributed by atoms with Crippen molar-refractivity contribution in [1.29, 1.82) is 0 Å². The molecule has 0 aromatic heterocycles. The van der Waals surface area contributed by atoms with Crippen molar-refractivity contribution in [3.8, 4) is 0 Å². The lowest BCUT2D eigenvalue weighted by Gasteiger charge is -2.35. The Bertz CT molecular complexity index is 1480. The molecule has 0 radical (unpaired) electrons. The minimum atomic E-state index is -4.52. The van der Waals surface area contributed by atoms with E-state index in [1.165, 1.54) is 31.0 Å². The standard InChI is InChI=1S/C27H28F3N3O4S/c28-27(29,30)19-5-4-18-2-1-3-23(22(18)16-19)31-25(35)21-7-6-20(32-38(36,37)15-14-34)17-24(21)33-12-10-26(8-9-26)11-13-33/h1-7,16-17,32,34H,8-15H2,(H,31,35). The number of anilines is 3. The number of halogens is 3. The number of hydrogen-bond acceptors (Lipinski definition) is 5. The largest absolute Gasteiger partial charge is 0.416 e. The van der Waals surface area contributed by atoms with E-state index in [0.29, 0.717) is 29.6 Å². The lowest BCUT2D eigenvalue weighted by molar-refractivity contribution is -0.137. The van der Waals surface area contributed by atoms with Crippen LogP contribution in [0.5, 0.6) is 0 Å².